The van der Waals surface area contributed by atoms with Crippen LogP contribution in [0.1, 0.15) is 60.3 Å². The van der Waals surface area contributed by atoms with E-state index in [2.05, 4.69) is 24.3 Å². The van der Waals surface area contributed by atoms with Gasteiger partial charge in [0.25, 0.3) is 5.79 Å². The fraction of sp³-hybridized carbons (Fsp3) is 0.323. The van der Waals surface area contributed by atoms with E-state index in [0.717, 1.165) is 0 Å². The second kappa shape index (κ2) is 9.60. The van der Waals surface area contributed by atoms with Gasteiger partial charge in [-0.25, -0.2) is 4.79 Å². The lowest BCUT2D eigenvalue weighted by Gasteiger charge is -2.26. The van der Waals surface area contributed by atoms with Gasteiger partial charge in [0.05, 0.1) is 12.7 Å². The summed E-state index contributed by atoms with van der Waals surface area (Å²) in [5.41, 5.74) is 4.67. The summed E-state index contributed by atoms with van der Waals surface area (Å²) in [4.78, 5) is 13.3. The van der Waals surface area contributed by atoms with Crippen LogP contribution in [-0.4, -0.2) is 25.0 Å². The molecule has 6 rings (SSSR count). The lowest BCUT2D eigenvalue weighted by molar-refractivity contribution is -0.185. The van der Waals surface area contributed by atoms with Crippen LogP contribution < -0.4 is 14.2 Å². The molecule has 1 saturated carbocycles. The molecule has 1 atom stereocenters. The van der Waals surface area contributed by atoms with Crippen molar-refractivity contribution < 1.29 is 28.8 Å². The van der Waals surface area contributed by atoms with Crippen molar-refractivity contribution in [3.8, 4) is 17.2 Å². The molecular weight excluding hydrogens is 468 g/mol. The van der Waals surface area contributed by atoms with Gasteiger partial charge in [0, 0.05) is 11.1 Å². The minimum Gasteiger partial charge on any atom is -0.497 e. The topological polar surface area (TPSA) is 74.2 Å². The molecule has 6 nitrogen and oxygen atoms in total. The molecule has 0 radical (unpaired) electrons. The summed E-state index contributed by atoms with van der Waals surface area (Å²) >= 11 is 0. The van der Waals surface area contributed by atoms with Crippen LogP contribution in [0.15, 0.2) is 72.3 Å². The maximum Gasteiger partial charge on any atom is 0.341 e. The summed E-state index contributed by atoms with van der Waals surface area (Å²) in [5.74, 6) is -0.00523. The molecule has 190 valence electrons. The van der Waals surface area contributed by atoms with Gasteiger partial charge >= 0.3 is 5.97 Å². The highest BCUT2D eigenvalue weighted by Crippen LogP contribution is 2.47. The fourth-order valence-electron chi connectivity index (χ4n) is 5.88. The van der Waals surface area contributed by atoms with Crippen LogP contribution in [0.2, 0.25) is 0 Å². The highest BCUT2D eigenvalue weighted by Gasteiger charge is 2.48. The van der Waals surface area contributed by atoms with Crippen molar-refractivity contribution in [3.63, 3.8) is 0 Å². The van der Waals surface area contributed by atoms with Gasteiger partial charge in [-0.3, -0.25) is 0 Å². The van der Waals surface area contributed by atoms with E-state index < -0.39 is 11.8 Å². The highest BCUT2D eigenvalue weighted by molar-refractivity contribution is 6.20. The molecule has 1 aliphatic carbocycles. The van der Waals surface area contributed by atoms with Crippen molar-refractivity contribution in [2.45, 2.75) is 50.2 Å². The van der Waals surface area contributed by atoms with Crippen LogP contribution in [0.3, 0.4) is 0 Å². The Morgan fingerprint density at radius 3 is 2.49 bits per heavy atom. The lowest BCUT2D eigenvalue weighted by atomic mass is 9.85. The number of hydrogen-bond acceptors (Lipinski definition) is 6. The van der Waals surface area contributed by atoms with Crippen LogP contribution in [-0.2, 0) is 21.7 Å². The van der Waals surface area contributed by atoms with Gasteiger partial charge in [-0.1, -0.05) is 43.2 Å². The number of esters is 1. The molecule has 3 aromatic carbocycles. The van der Waals surface area contributed by atoms with E-state index in [-0.39, 0.29) is 6.79 Å². The van der Waals surface area contributed by atoms with Crippen molar-refractivity contribution in [1.29, 1.82) is 0 Å². The molecule has 0 bridgehead atoms. The van der Waals surface area contributed by atoms with Crippen molar-refractivity contribution in [1.82, 2.24) is 0 Å². The normalized spacial score (nSPS) is 21.0. The first-order chi connectivity index (χ1) is 18.1. The van der Waals surface area contributed by atoms with Gasteiger partial charge in [0.2, 0.25) is 6.79 Å². The molecule has 37 heavy (non-hydrogen) atoms. The zero-order valence-corrected chi connectivity index (χ0v) is 20.9. The third-order valence-electron chi connectivity index (χ3n) is 7.79. The highest BCUT2D eigenvalue weighted by atomic mass is 16.7. The van der Waals surface area contributed by atoms with E-state index in [4.69, 9.17) is 18.9 Å². The van der Waals surface area contributed by atoms with Crippen LogP contribution in [0.5, 0.6) is 17.2 Å². The summed E-state index contributed by atoms with van der Waals surface area (Å²) in [6.07, 6.45) is 6.09. The van der Waals surface area contributed by atoms with E-state index in [0.29, 0.717) is 58.3 Å². The Balaban J connectivity index is 1.42. The quantitative estimate of drug-likeness (QED) is 0.411. The summed E-state index contributed by atoms with van der Waals surface area (Å²) in [6, 6.07) is 20.9. The third kappa shape index (κ3) is 4.25. The van der Waals surface area contributed by atoms with Crippen LogP contribution in [0.25, 0.3) is 5.57 Å². The number of rotatable bonds is 7. The molecule has 2 heterocycles. The van der Waals surface area contributed by atoms with Gasteiger partial charge in [-0.15, -0.1) is 0 Å². The Labute approximate surface area is 216 Å². The van der Waals surface area contributed by atoms with E-state index in [1.165, 1.54) is 36.8 Å². The minimum absolute atomic E-state index is 0.142. The summed E-state index contributed by atoms with van der Waals surface area (Å²) in [6.45, 7) is 0.142. The molecule has 0 aromatic heterocycles. The molecule has 3 aromatic rings. The average Bonchev–Trinajstić information content (AvgIpc) is 3.67. The standard InChI is InChI=1S/C31H30O6/c1-34-24-14-12-23(13-15-24)31(33)26(16-10-21-8-4-5-9-25(21)20-6-2-3-7-20)29(30(32)37-31)22-11-17-27-28(18-22)36-19-35-27/h4-5,8-9,11-15,17-18,20,33H,2-3,6-7,10,16,19H2,1H3. The lowest BCUT2D eigenvalue weighted by Crippen LogP contribution is -2.29. The zero-order chi connectivity index (χ0) is 25.4. The van der Waals surface area contributed by atoms with Gasteiger partial charge in [0.1, 0.15) is 5.75 Å². The summed E-state index contributed by atoms with van der Waals surface area (Å²) in [5, 5.41) is 11.9. The maximum atomic E-state index is 13.3. The van der Waals surface area contributed by atoms with E-state index in [1.807, 2.05) is 6.07 Å². The largest absolute Gasteiger partial charge is 0.497 e. The number of carbonyl (C=O) groups excluding carboxylic acids is 1. The predicted octanol–water partition coefficient (Wildman–Crippen LogP) is 5.87. The van der Waals surface area contributed by atoms with Crippen LogP contribution >= 0.6 is 0 Å². The number of fused-ring (bicyclic) bond motifs is 1. The Bertz CT molecular complexity index is 1350. The summed E-state index contributed by atoms with van der Waals surface area (Å²) in [7, 11) is 1.59. The van der Waals surface area contributed by atoms with Crippen molar-refractivity contribution in [2.24, 2.45) is 0 Å². The van der Waals surface area contributed by atoms with E-state index in [9.17, 15) is 9.90 Å². The molecule has 1 unspecified atom stereocenters. The van der Waals surface area contributed by atoms with Gasteiger partial charge in [-0.2, -0.15) is 0 Å². The SMILES string of the molecule is COc1ccc(C2(O)OC(=O)C(c3ccc4c(c3)OCO4)=C2CCc2ccccc2C2CCCC2)cc1. The molecule has 0 saturated heterocycles. The van der Waals surface area contributed by atoms with Crippen molar-refractivity contribution >= 4 is 11.5 Å². The Morgan fingerprint density at radius 1 is 0.946 bits per heavy atom. The summed E-state index contributed by atoms with van der Waals surface area (Å²) < 4.78 is 22.1. The number of cyclic esters (lactones) is 1. The molecule has 6 heteroatoms. The predicted molar refractivity (Wildman–Crippen MR) is 138 cm³/mol. The number of benzene rings is 3. The van der Waals surface area contributed by atoms with E-state index in [1.54, 1.807) is 43.5 Å². The fourth-order valence-corrected chi connectivity index (χ4v) is 5.88. The molecule has 3 aliphatic rings. The number of carbonyl (C=O) groups is 1. The minimum atomic E-state index is -1.88. The zero-order valence-electron chi connectivity index (χ0n) is 20.9. The molecule has 1 N–H and O–H groups in total. The molecule has 0 amide bonds. The van der Waals surface area contributed by atoms with Gasteiger partial charge < -0.3 is 24.1 Å². The number of ether oxygens (including phenoxy) is 4. The third-order valence-corrected chi connectivity index (χ3v) is 7.79. The van der Waals surface area contributed by atoms with Crippen molar-refractivity contribution in [2.75, 3.05) is 13.9 Å². The van der Waals surface area contributed by atoms with E-state index >= 15 is 0 Å². The molecule has 0 spiro atoms. The van der Waals surface area contributed by atoms with Gasteiger partial charge in [-0.05, 0) is 84.7 Å². The maximum absolute atomic E-state index is 13.3. The smallest absolute Gasteiger partial charge is 0.341 e. The number of aryl methyl sites for hydroxylation is 1. The van der Waals surface area contributed by atoms with Crippen LogP contribution in [0, 0.1) is 0 Å². The second-order valence-corrected chi connectivity index (χ2v) is 9.86. The molecule has 1 fully saturated rings. The van der Waals surface area contributed by atoms with Gasteiger partial charge in [0.15, 0.2) is 11.5 Å². The number of hydrogen-bond donors (Lipinski definition) is 1. The van der Waals surface area contributed by atoms with Crippen molar-refractivity contribution in [3.05, 3.63) is 94.6 Å². The molecule has 2 aliphatic heterocycles. The Morgan fingerprint density at radius 2 is 1.70 bits per heavy atom. The second-order valence-electron chi connectivity index (χ2n) is 9.86. The Kier molecular flexibility index (Phi) is 6.13. The monoisotopic (exact) mass is 498 g/mol. The molecular formula is C31H30O6. The first kappa shape index (κ1) is 23.6. The number of aliphatic hydroxyl groups is 1. The van der Waals surface area contributed by atoms with Crippen LogP contribution in [0.4, 0.5) is 0 Å². The first-order valence-corrected chi connectivity index (χ1v) is 12.9. The Hall–Kier alpha value is -3.77. The number of methoxy groups -OCH3 is 1. The average molecular weight is 499 g/mol. The first-order valence-electron chi connectivity index (χ1n) is 12.9.